The quantitative estimate of drug-likeness (QED) is 0.111. The Labute approximate surface area is 231 Å². The van der Waals surface area contributed by atoms with Crippen LogP contribution in [-0.2, 0) is 0 Å². The molecule has 0 saturated carbocycles. The van der Waals surface area contributed by atoms with Gasteiger partial charge in [0.15, 0.2) is 0 Å². The molecule has 4 rings (SSSR count). The number of rotatable bonds is 10. The van der Waals surface area contributed by atoms with Crippen molar-refractivity contribution < 1.29 is 35.5 Å². The smallest absolute Gasteiger partial charge is 0.494 e. The minimum absolute atomic E-state index is 0.256. The highest BCUT2D eigenvalue weighted by Crippen LogP contribution is 2.31. The van der Waals surface area contributed by atoms with E-state index >= 15 is 0 Å². The molecular weight excluding hydrogens is 526 g/mol. The minimum Gasteiger partial charge on any atom is -0.494 e. The maximum absolute atomic E-state index is 13.3. The number of halogens is 5. The summed E-state index contributed by atoms with van der Waals surface area (Å²) in [6, 6.07) is 26.4. The van der Waals surface area contributed by atoms with E-state index in [0.29, 0.717) is 19.0 Å². The topological polar surface area (TPSA) is 29.8 Å². The van der Waals surface area contributed by atoms with Gasteiger partial charge in [0.1, 0.15) is 17.3 Å². The Morgan fingerprint density at radius 3 is 1.65 bits per heavy atom. The SMILES string of the molecule is CCCOc1ccc(-c2cc(/C=C/c3ccc(F)cc3)[o+]c(-c3ccc(OCCC)cc3)c2)cc1.F[B-](F)(F)F. The van der Waals surface area contributed by atoms with Crippen LogP contribution < -0.4 is 9.47 Å². The zero-order valence-electron chi connectivity index (χ0n) is 22.3. The number of hydrogen-bond donors (Lipinski definition) is 0. The fourth-order valence-electron chi connectivity index (χ4n) is 3.56. The van der Waals surface area contributed by atoms with Gasteiger partial charge in [-0.2, -0.15) is 0 Å². The Bertz CT molecular complexity index is 1280. The lowest BCUT2D eigenvalue weighted by molar-refractivity contribution is 0.317. The highest BCUT2D eigenvalue weighted by molar-refractivity contribution is 6.50. The maximum atomic E-state index is 13.3. The summed E-state index contributed by atoms with van der Waals surface area (Å²) in [5.74, 6) is 2.88. The van der Waals surface area contributed by atoms with Crippen LogP contribution in [0.2, 0.25) is 0 Å². The van der Waals surface area contributed by atoms with Gasteiger partial charge in [-0.25, -0.2) is 8.81 Å². The molecule has 0 saturated heterocycles. The lowest BCUT2D eigenvalue weighted by atomic mass is 10.0. The van der Waals surface area contributed by atoms with Crippen molar-refractivity contribution in [1.82, 2.24) is 0 Å². The van der Waals surface area contributed by atoms with E-state index < -0.39 is 7.25 Å². The third-order valence-electron chi connectivity index (χ3n) is 5.39. The zero-order valence-corrected chi connectivity index (χ0v) is 22.3. The second-order valence-corrected chi connectivity index (χ2v) is 8.74. The van der Waals surface area contributed by atoms with Crippen LogP contribution in [0.5, 0.6) is 11.5 Å². The van der Waals surface area contributed by atoms with Crippen molar-refractivity contribution >= 4 is 19.4 Å². The van der Waals surface area contributed by atoms with Gasteiger partial charge in [-0.1, -0.05) is 38.1 Å². The molecule has 0 aliphatic rings. The normalized spacial score (nSPS) is 11.2. The summed E-state index contributed by atoms with van der Waals surface area (Å²) in [5.41, 5.74) is 3.93. The van der Waals surface area contributed by atoms with E-state index in [4.69, 9.17) is 13.9 Å². The first-order valence-corrected chi connectivity index (χ1v) is 12.9. The molecule has 0 aliphatic carbocycles. The van der Waals surface area contributed by atoms with Crippen molar-refractivity contribution in [3.63, 3.8) is 0 Å². The third kappa shape index (κ3) is 10.6. The molecule has 3 aromatic carbocycles. The molecule has 1 aromatic heterocycles. The molecule has 0 aliphatic heterocycles. The van der Waals surface area contributed by atoms with Crippen molar-refractivity contribution in [3.8, 4) is 33.9 Å². The zero-order chi connectivity index (χ0) is 29.0. The van der Waals surface area contributed by atoms with Gasteiger partial charge >= 0.3 is 18.8 Å². The minimum atomic E-state index is -6.00. The van der Waals surface area contributed by atoms with E-state index in [9.17, 15) is 21.7 Å². The fraction of sp³-hybridized carbons (Fsp3) is 0.194. The molecular formula is C31H30BF5O3. The van der Waals surface area contributed by atoms with Gasteiger partial charge < -0.3 is 26.7 Å². The molecule has 9 heteroatoms. The first-order chi connectivity index (χ1) is 19.1. The van der Waals surface area contributed by atoms with E-state index in [2.05, 4.69) is 26.0 Å². The van der Waals surface area contributed by atoms with E-state index in [-0.39, 0.29) is 5.82 Å². The Morgan fingerprint density at radius 1 is 0.650 bits per heavy atom. The van der Waals surface area contributed by atoms with Crippen molar-refractivity contribution in [2.45, 2.75) is 26.7 Å². The van der Waals surface area contributed by atoms with E-state index in [0.717, 1.165) is 52.4 Å². The molecule has 0 fully saturated rings. The average Bonchev–Trinajstić information content (AvgIpc) is 2.94. The summed E-state index contributed by atoms with van der Waals surface area (Å²) in [5, 5.41) is 0. The summed E-state index contributed by atoms with van der Waals surface area (Å²) in [6.07, 6.45) is 5.75. The Morgan fingerprint density at radius 2 is 1.15 bits per heavy atom. The van der Waals surface area contributed by atoms with Crippen LogP contribution in [0.4, 0.5) is 21.7 Å². The fourth-order valence-corrected chi connectivity index (χ4v) is 3.56. The number of ether oxygens (including phenoxy) is 2. The molecule has 1 heterocycles. The summed E-state index contributed by atoms with van der Waals surface area (Å²) >= 11 is 0. The lowest BCUT2D eigenvalue weighted by Gasteiger charge is -2.06. The molecule has 4 aromatic rings. The van der Waals surface area contributed by atoms with Gasteiger partial charge in [0.2, 0.25) is 0 Å². The number of hydrogen-bond acceptors (Lipinski definition) is 2. The molecule has 40 heavy (non-hydrogen) atoms. The maximum Gasteiger partial charge on any atom is 0.673 e. The van der Waals surface area contributed by atoms with Crippen LogP contribution in [0, 0.1) is 5.82 Å². The second-order valence-electron chi connectivity index (χ2n) is 8.74. The van der Waals surface area contributed by atoms with Gasteiger partial charge in [0.05, 0.1) is 30.9 Å². The molecule has 0 N–H and O–H groups in total. The van der Waals surface area contributed by atoms with Crippen LogP contribution in [0.15, 0.2) is 89.3 Å². The highest BCUT2D eigenvalue weighted by Gasteiger charge is 2.20. The second kappa shape index (κ2) is 14.9. The Hall–Kier alpha value is -4.14. The Kier molecular flexibility index (Phi) is 11.3. The van der Waals surface area contributed by atoms with Crippen LogP contribution in [-0.4, -0.2) is 20.5 Å². The molecule has 0 spiro atoms. The molecule has 0 atom stereocenters. The molecule has 0 amide bonds. The summed E-state index contributed by atoms with van der Waals surface area (Å²) in [7, 11) is -6.00. The highest BCUT2D eigenvalue weighted by atomic mass is 19.5. The van der Waals surface area contributed by atoms with Crippen LogP contribution in [0.3, 0.4) is 0 Å². The van der Waals surface area contributed by atoms with Crippen molar-refractivity contribution in [3.05, 3.63) is 102 Å². The monoisotopic (exact) mass is 556 g/mol. The van der Waals surface area contributed by atoms with Crippen LogP contribution in [0.1, 0.15) is 38.0 Å². The van der Waals surface area contributed by atoms with Gasteiger partial charge in [0, 0.05) is 11.6 Å². The van der Waals surface area contributed by atoms with Gasteiger partial charge in [0.25, 0.3) is 0 Å². The first kappa shape index (κ1) is 30.4. The van der Waals surface area contributed by atoms with Gasteiger partial charge in [-0.3, -0.25) is 0 Å². The van der Waals surface area contributed by atoms with Gasteiger partial charge in [-0.15, -0.1) is 0 Å². The summed E-state index contributed by atoms with van der Waals surface area (Å²) < 4.78 is 70.0. The standard InChI is InChI=1S/C31H30FO3.BF4/c1-3-19-33-28-15-8-24(9-16-28)26-21-30(14-7-23-5-12-27(32)13-6-23)35-31(22-26)25-10-17-29(18-11-25)34-20-4-2;2-1(3,4)5/h5-18,21-22H,3-4,19-20H2,1-2H3;/q+1;-1/b14-7+;. The molecule has 0 radical (unpaired) electrons. The van der Waals surface area contributed by atoms with Crippen LogP contribution >= 0.6 is 0 Å². The first-order valence-electron chi connectivity index (χ1n) is 12.9. The van der Waals surface area contributed by atoms with Crippen molar-refractivity contribution in [2.75, 3.05) is 13.2 Å². The summed E-state index contributed by atoms with van der Waals surface area (Å²) in [6.45, 7) is 5.56. The average molecular weight is 556 g/mol. The predicted molar refractivity (Wildman–Crippen MR) is 151 cm³/mol. The van der Waals surface area contributed by atoms with Crippen molar-refractivity contribution in [2.24, 2.45) is 0 Å². The van der Waals surface area contributed by atoms with E-state index in [1.165, 1.54) is 12.1 Å². The molecule has 0 bridgehead atoms. The third-order valence-corrected chi connectivity index (χ3v) is 5.39. The van der Waals surface area contributed by atoms with Crippen LogP contribution in [0.25, 0.3) is 34.6 Å². The molecule has 3 nitrogen and oxygen atoms in total. The largest absolute Gasteiger partial charge is 0.673 e. The predicted octanol–water partition coefficient (Wildman–Crippen LogP) is 10.1. The van der Waals surface area contributed by atoms with E-state index in [1.54, 1.807) is 12.1 Å². The number of benzene rings is 3. The Balaban J connectivity index is 0.000000810. The molecule has 210 valence electrons. The molecule has 0 unspecified atom stereocenters. The van der Waals surface area contributed by atoms with E-state index in [1.807, 2.05) is 60.7 Å². The lowest BCUT2D eigenvalue weighted by Crippen LogP contribution is -2.02. The van der Waals surface area contributed by atoms with Gasteiger partial charge in [-0.05, 0) is 78.6 Å². The van der Waals surface area contributed by atoms with Crippen molar-refractivity contribution in [1.29, 1.82) is 0 Å². The summed E-state index contributed by atoms with van der Waals surface area (Å²) in [4.78, 5) is 0.